The van der Waals surface area contributed by atoms with E-state index in [0.29, 0.717) is 10.7 Å². The molecule has 5 rings (SSSR count). The number of hydrogen-bond acceptors (Lipinski definition) is 6. The smallest absolute Gasteiger partial charge is 0.258 e. The van der Waals surface area contributed by atoms with Gasteiger partial charge in [0.15, 0.2) is 5.13 Å². The van der Waals surface area contributed by atoms with Gasteiger partial charge in [0.05, 0.1) is 22.5 Å². The van der Waals surface area contributed by atoms with E-state index in [1.807, 2.05) is 47.8 Å². The van der Waals surface area contributed by atoms with Gasteiger partial charge in [0.25, 0.3) is 5.91 Å². The van der Waals surface area contributed by atoms with Crippen molar-refractivity contribution in [1.29, 1.82) is 0 Å². The minimum Gasteiger partial charge on any atom is -0.298 e. The van der Waals surface area contributed by atoms with Crippen LogP contribution in [0.2, 0.25) is 0 Å². The Morgan fingerprint density at radius 3 is 2.72 bits per heavy atom. The van der Waals surface area contributed by atoms with Gasteiger partial charge in [-0.2, -0.15) is 0 Å². The van der Waals surface area contributed by atoms with E-state index in [2.05, 4.69) is 27.1 Å². The maximum atomic E-state index is 13.3. The molecule has 1 aliphatic heterocycles. The number of amides is 1. The molecule has 0 atom stereocenters. The molecule has 1 aromatic carbocycles. The van der Waals surface area contributed by atoms with Crippen molar-refractivity contribution in [2.24, 2.45) is 5.92 Å². The van der Waals surface area contributed by atoms with E-state index in [-0.39, 0.29) is 5.91 Å². The summed E-state index contributed by atoms with van der Waals surface area (Å²) in [5, 5.41) is 6.49. The summed E-state index contributed by atoms with van der Waals surface area (Å²) in [6, 6.07) is 13.3. The first-order valence-electron chi connectivity index (χ1n) is 10.9. The number of pyridine rings is 2. The van der Waals surface area contributed by atoms with E-state index in [1.54, 1.807) is 12.4 Å². The lowest BCUT2D eigenvalue weighted by atomic mass is 9.99. The van der Waals surface area contributed by atoms with Crippen LogP contribution in [-0.4, -0.2) is 38.8 Å². The molecule has 1 fully saturated rings. The molecule has 4 aromatic rings. The van der Waals surface area contributed by atoms with Crippen LogP contribution in [0, 0.1) is 5.92 Å². The zero-order valence-electron chi connectivity index (χ0n) is 18.0. The van der Waals surface area contributed by atoms with Crippen LogP contribution in [0.3, 0.4) is 0 Å². The summed E-state index contributed by atoms with van der Waals surface area (Å²) in [4.78, 5) is 29.2. The molecule has 0 spiro atoms. The number of carbonyl (C=O) groups excluding carboxylic acids is 1. The average molecular weight is 444 g/mol. The molecule has 3 aromatic heterocycles. The fraction of sp³-hybridized carbons (Fsp3) is 0.280. The SMILES string of the molecule is CC1CCN(Cc2csc(NC(=O)c3cc(-c4ccncc4)nc4ccccc34)n2)CC1. The Morgan fingerprint density at radius 1 is 1.12 bits per heavy atom. The monoisotopic (exact) mass is 443 g/mol. The van der Waals surface area contributed by atoms with Crippen molar-refractivity contribution in [3.63, 3.8) is 0 Å². The third-order valence-electron chi connectivity index (χ3n) is 5.97. The number of hydrogen-bond donors (Lipinski definition) is 1. The van der Waals surface area contributed by atoms with Crippen LogP contribution in [0.25, 0.3) is 22.2 Å². The van der Waals surface area contributed by atoms with Gasteiger partial charge in [-0.3, -0.25) is 20.0 Å². The summed E-state index contributed by atoms with van der Waals surface area (Å²) in [5.74, 6) is 0.635. The Balaban J connectivity index is 1.38. The van der Waals surface area contributed by atoms with Crippen LogP contribution in [0.15, 0.2) is 60.2 Å². The molecule has 0 saturated carbocycles. The molecule has 7 heteroatoms. The van der Waals surface area contributed by atoms with Crippen LogP contribution in [-0.2, 0) is 6.54 Å². The van der Waals surface area contributed by atoms with Gasteiger partial charge in [-0.25, -0.2) is 9.97 Å². The number of fused-ring (bicyclic) bond motifs is 1. The molecule has 1 amide bonds. The van der Waals surface area contributed by atoms with Crippen LogP contribution < -0.4 is 5.32 Å². The highest BCUT2D eigenvalue weighted by molar-refractivity contribution is 7.14. The van der Waals surface area contributed by atoms with Crippen molar-refractivity contribution in [1.82, 2.24) is 19.9 Å². The summed E-state index contributed by atoms with van der Waals surface area (Å²) < 4.78 is 0. The summed E-state index contributed by atoms with van der Waals surface area (Å²) in [6.07, 6.45) is 5.93. The van der Waals surface area contributed by atoms with Crippen LogP contribution in [0.4, 0.5) is 5.13 Å². The van der Waals surface area contributed by atoms with Gasteiger partial charge >= 0.3 is 0 Å². The Morgan fingerprint density at radius 2 is 1.91 bits per heavy atom. The second-order valence-electron chi connectivity index (χ2n) is 8.36. The van der Waals surface area contributed by atoms with Crippen molar-refractivity contribution in [2.75, 3.05) is 18.4 Å². The number of piperidine rings is 1. The minimum atomic E-state index is -0.174. The second kappa shape index (κ2) is 9.14. The zero-order valence-corrected chi connectivity index (χ0v) is 18.8. The first-order valence-corrected chi connectivity index (χ1v) is 11.8. The number of carbonyl (C=O) groups is 1. The third-order valence-corrected chi connectivity index (χ3v) is 6.78. The Bertz CT molecular complexity index is 1230. The predicted octanol–water partition coefficient (Wildman–Crippen LogP) is 5.24. The first kappa shape index (κ1) is 20.7. The topological polar surface area (TPSA) is 71.0 Å². The van der Waals surface area contributed by atoms with Crippen molar-refractivity contribution in [3.8, 4) is 11.3 Å². The number of thiazole rings is 1. The quantitative estimate of drug-likeness (QED) is 0.457. The van der Waals surface area contributed by atoms with E-state index >= 15 is 0 Å². The van der Waals surface area contributed by atoms with E-state index in [0.717, 1.165) is 53.4 Å². The molecule has 32 heavy (non-hydrogen) atoms. The lowest BCUT2D eigenvalue weighted by molar-refractivity contribution is 0.102. The van der Waals surface area contributed by atoms with Crippen molar-refractivity contribution >= 4 is 33.3 Å². The molecule has 1 N–H and O–H groups in total. The average Bonchev–Trinajstić information content (AvgIpc) is 3.27. The molecule has 6 nitrogen and oxygen atoms in total. The van der Waals surface area contributed by atoms with E-state index < -0.39 is 0 Å². The molecule has 1 aliphatic rings. The van der Waals surface area contributed by atoms with E-state index in [1.165, 1.54) is 24.2 Å². The van der Waals surface area contributed by atoms with Gasteiger partial charge in [-0.1, -0.05) is 25.1 Å². The van der Waals surface area contributed by atoms with Crippen molar-refractivity contribution in [3.05, 3.63) is 71.5 Å². The molecule has 0 aliphatic carbocycles. The number of nitrogens with one attached hydrogen (secondary N) is 1. The van der Waals surface area contributed by atoms with Crippen molar-refractivity contribution in [2.45, 2.75) is 26.3 Å². The maximum Gasteiger partial charge on any atom is 0.258 e. The number of para-hydroxylation sites is 1. The van der Waals surface area contributed by atoms with Crippen molar-refractivity contribution < 1.29 is 4.79 Å². The van der Waals surface area contributed by atoms with Gasteiger partial charge in [0, 0.05) is 35.3 Å². The molecule has 0 radical (unpaired) electrons. The summed E-state index contributed by atoms with van der Waals surface area (Å²) >= 11 is 1.47. The van der Waals surface area contributed by atoms with Gasteiger partial charge < -0.3 is 0 Å². The molecule has 0 bridgehead atoms. The number of likely N-dealkylation sites (tertiary alicyclic amines) is 1. The zero-order chi connectivity index (χ0) is 21.9. The number of benzene rings is 1. The van der Waals surface area contributed by atoms with Crippen LogP contribution in [0.5, 0.6) is 0 Å². The predicted molar refractivity (Wildman–Crippen MR) is 129 cm³/mol. The number of rotatable bonds is 5. The maximum absolute atomic E-state index is 13.3. The van der Waals surface area contributed by atoms with Gasteiger partial charge in [0.2, 0.25) is 0 Å². The summed E-state index contributed by atoms with van der Waals surface area (Å²) in [7, 11) is 0. The number of anilines is 1. The van der Waals surface area contributed by atoms with Gasteiger partial charge in [-0.15, -0.1) is 11.3 Å². The summed E-state index contributed by atoms with van der Waals surface area (Å²) in [6.45, 7) is 5.38. The van der Waals surface area contributed by atoms with Gasteiger partial charge in [0.1, 0.15) is 0 Å². The lowest BCUT2D eigenvalue weighted by Gasteiger charge is -2.29. The molecule has 0 unspecified atom stereocenters. The first-order chi connectivity index (χ1) is 15.7. The largest absolute Gasteiger partial charge is 0.298 e. The standard InChI is InChI=1S/C25H25N5OS/c1-17-8-12-30(13-9-17)15-19-16-32-25(27-19)29-24(31)21-14-23(18-6-10-26-11-7-18)28-22-5-3-2-4-20(21)22/h2-7,10-11,14,16-17H,8-9,12-13,15H2,1H3,(H,27,29,31). The fourth-order valence-electron chi connectivity index (χ4n) is 4.08. The Hall–Kier alpha value is -3.16. The molecule has 1 saturated heterocycles. The summed E-state index contributed by atoms with van der Waals surface area (Å²) in [5.41, 5.74) is 4.05. The highest BCUT2D eigenvalue weighted by atomic mass is 32.1. The van der Waals surface area contributed by atoms with Crippen LogP contribution >= 0.6 is 11.3 Å². The molecule has 162 valence electrons. The third kappa shape index (κ3) is 4.54. The minimum absolute atomic E-state index is 0.174. The highest BCUT2D eigenvalue weighted by Gasteiger charge is 2.18. The van der Waals surface area contributed by atoms with Gasteiger partial charge in [-0.05, 0) is 56.1 Å². The second-order valence-corrected chi connectivity index (χ2v) is 9.22. The molecular weight excluding hydrogens is 418 g/mol. The molecule has 4 heterocycles. The van der Waals surface area contributed by atoms with E-state index in [4.69, 9.17) is 4.98 Å². The normalized spacial score (nSPS) is 15.2. The van der Waals surface area contributed by atoms with E-state index in [9.17, 15) is 4.79 Å². The molecular formula is C25H25N5OS. The fourth-order valence-corrected chi connectivity index (χ4v) is 4.78. The lowest BCUT2D eigenvalue weighted by Crippen LogP contribution is -2.32. The number of nitrogens with zero attached hydrogens (tertiary/aromatic N) is 4. The Labute approximate surface area is 191 Å². The highest BCUT2D eigenvalue weighted by Crippen LogP contribution is 2.26. The number of aromatic nitrogens is 3. The van der Waals surface area contributed by atoms with Crippen LogP contribution in [0.1, 0.15) is 35.8 Å². The Kier molecular flexibility index (Phi) is 5.92.